The maximum Gasteiger partial charge on any atom is 0.136 e. The normalized spacial score (nSPS) is 27.8. The van der Waals surface area contributed by atoms with Crippen LogP contribution in [0.25, 0.3) is 0 Å². The van der Waals surface area contributed by atoms with Gasteiger partial charge in [-0.1, -0.05) is 12.8 Å². The molecule has 2 fully saturated rings. The number of rotatable bonds is 2. The van der Waals surface area contributed by atoms with Crippen molar-refractivity contribution >= 4 is 5.78 Å². The fourth-order valence-electron chi connectivity index (χ4n) is 3.40. The summed E-state index contributed by atoms with van der Waals surface area (Å²) >= 11 is 0. The predicted octanol–water partition coefficient (Wildman–Crippen LogP) is 2.14. The highest BCUT2D eigenvalue weighted by Crippen LogP contribution is 2.46. The Morgan fingerprint density at radius 1 is 1.21 bits per heavy atom. The van der Waals surface area contributed by atoms with E-state index in [1.54, 1.807) is 0 Å². The van der Waals surface area contributed by atoms with Crippen LogP contribution in [0, 0.1) is 11.3 Å². The molecule has 0 radical (unpaired) electrons. The van der Waals surface area contributed by atoms with Crippen LogP contribution < -0.4 is 5.32 Å². The third-order valence-electron chi connectivity index (χ3n) is 4.33. The average Bonchev–Trinajstić information content (AvgIpc) is 2.72. The third kappa shape index (κ3) is 1.60. The molecule has 14 heavy (non-hydrogen) atoms. The van der Waals surface area contributed by atoms with Gasteiger partial charge in [-0.3, -0.25) is 4.79 Å². The van der Waals surface area contributed by atoms with Crippen LogP contribution in [0.3, 0.4) is 0 Å². The molecule has 2 rings (SSSR count). The van der Waals surface area contributed by atoms with E-state index in [9.17, 15) is 4.79 Å². The van der Waals surface area contributed by atoms with Gasteiger partial charge >= 0.3 is 0 Å². The van der Waals surface area contributed by atoms with Crippen LogP contribution in [-0.4, -0.2) is 18.9 Å². The highest BCUT2D eigenvalue weighted by Gasteiger charge is 2.44. The quantitative estimate of drug-likeness (QED) is 0.731. The SMILES string of the molecule is CC(=O)C1(C2CCCC2)CCNCC1. The van der Waals surface area contributed by atoms with Gasteiger partial charge in [0.2, 0.25) is 0 Å². The molecule has 80 valence electrons. The lowest BCUT2D eigenvalue weighted by Crippen LogP contribution is -2.45. The van der Waals surface area contributed by atoms with Crippen molar-refractivity contribution in [2.24, 2.45) is 11.3 Å². The van der Waals surface area contributed by atoms with Crippen LogP contribution in [0.4, 0.5) is 0 Å². The Kier molecular flexibility index (Phi) is 2.91. The van der Waals surface area contributed by atoms with Crippen molar-refractivity contribution in [2.45, 2.75) is 45.4 Å². The van der Waals surface area contributed by atoms with Crippen molar-refractivity contribution in [3.8, 4) is 0 Å². The molecule has 0 unspecified atom stereocenters. The van der Waals surface area contributed by atoms with Gasteiger partial charge in [-0.25, -0.2) is 0 Å². The van der Waals surface area contributed by atoms with Gasteiger partial charge in [0.1, 0.15) is 5.78 Å². The molecule has 0 aromatic carbocycles. The topological polar surface area (TPSA) is 29.1 Å². The molecule has 0 amide bonds. The monoisotopic (exact) mass is 195 g/mol. The fraction of sp³-hybridized carbons (Fsp3) is 0.917. The van der Waals surface area contributed by atoms with E-state index in [-0.39, 0.29) is 5.41 Å². The van der Waals surface area contributed by atoms with Gasteiger partial charge in [-0.15, -0.1) is 0 Å². The zero-order valence-electron chi connectivity index (χ0n) is 9.14. The maximum absolute atomic E-state index is 11.9. The first-order chi connectivity index (χ1) is 6.76. The minimum Gasteiger partial charge on any atom is -0.317 e. The molecule has 1 aliphatic heterocycles. The van der Waals surface area contributed by atoms with E-state index in [2.05, 4.69) is 5.32 Å². The lowest BCUT2D eigenvalue weighted by molar-refractivity contribution is -0.131. The summed E-state index contributed by atoms with van der Waals surface area (Å²) in [4.78, 5) is 11.9. The van der Waals surface area contributed by atoms with Crippen LogP contribution >= 0.6 is 0 Å². The van der Waals surface area contributed by atoms with E-state index in [0.717, 1.165) is 25.9 Å². The molecule has 0 atom stereocenters. The van der Waals surface area contributed by atoms with E-state index in [1.807, 2.05) is 6.92 Å². The van der Waals surface area contributed by atoms with Gasteiger partial charge in [0, 0.05) is 5.41 Å². The molecule has 1 saturated carbocycles. The Hall–Kier alpha value is -0.370. The third-order valence-corrected chi connectivity index (χ3v) is 4.33. The van der Waals surface area contributed by atoms with Gasteiger partial charge in [0.15, 0.2) is 0 Å². The molecule has 2 nitrogen and oxygen atoms in total. The molecule has 0 aromatic heterocycles. The van der Waals surface area contributed by atoms with Gasteiger partial charge < -0.3 is 5.32 Å². The number of hydrogen-bond donors (Lipinski definition) is 1. The summed E-state index contributed by atoms with van der Waals surface area (Å²) < 4.78 is 0. The van der Waals surface area contributed by atoms with Crippen molar-refractivity contribution in [1.82, 2.24) is 5.32 Å². The molecule has 1 N–H and O–H groups in total. The lowest BCUT2D eigenvalue weighted by Gasteiger charge is -2.40. The molecule has 2 heteroatoms. The van der Waals surface area contributed by atoms with Crippen LogP contribution in [0.2, 0.25) is 0 Å². The molecule has 0 bridgehead atoms. The van der Waals surface area contributed by atoms with E-state index < -0.39 is 0 Å². The van der Waals surface area contributed by atoms with Crippen molar-refractivity contribution < 1.29 is 4.79 Å². The molecule has 1 heterocycles. The minimum atomic E-state index is 0.0573. The number of piperidine rings is 1. The van der Waals surface area contributed by atoms with Gasteiger partial charge in [0.05, 0.1) is 0 Å². The zero-order chi connectivity index (χ0) is 10.0. The summed E-state index contributed by atoms with van der Waals surface area (Å²) in [5.74, 6) is 1.15. The van der Waals surface area contributed by atoms with Crippen LogP contribution in [-0.2, 0) is 4.79 Å². The number of carbonyl (C=O) groups excluding carboxylic acids is 1. The standard InChI is InChI=1S/C12H21NO/c1-10(14)12(6-8-13-9-7-12)11-4-2-3-5-11/h11,13H,2-9H2,1H3. The summed E-state index contributed by atoms with van der Waals surface area (Å²) in [6.07, 6.45) is 7.42. The van der Waals surface area contributed by atoms with E-state index in [4.69, 9.17) is 0 Å². The lowest BCUT2D eigenvalue weighted by atomic mass is 9.66. The zero-order valence-corrected chi connectivity index (χ0v) is 9.14. The highest BCUT2D eigenvalue weighted by molar-refractivity contribution is 5.82. The second kappa shape index (κ2) is 4.01. The minimum absolute atomic E-state index is 0.0573. The fourth-order valence-corrected chi connectivity index (χ4v) is 3.40. The summed E-state index contributed by atoms with van der Waals surface area (Å²) in [5, 5.41) is 3.37. The molecular formula is C12H21NO. The first-order valence-corrected chi connectivity index (χ1v) is 5.97. The highest BCUT2D eigenvalue weighted by atomic mass is 16.1. The number of ketones is 1. The Labute approximate surface area is 86.5 Å². The Balaban J connectivity index is 2.15. The maximum atomic E-state index is 11.9. The first kappa shape index (κ1) is 10.2. The number of hydrogen-bond acceptors (Lipinski definition) is 2. The van der Waals surface area contributed by atoms with E-state index in [1.165, 1.54) is 25.7 Å². The summed E-state index contributed by atoms with van der Waals surface area (Å²) in [6.45, 7) is 3.88. The largest absolute Gasteiger partial charge is 0.317 e. The molecule has 0 aromatic rings. The van der Waals surface area contributed by atoms with Gasteiger partial charge in [-0.2, -0.15) is 0 Å². The number of Topliss-reactive ketones (excluding diaryl/α,β-unsaturated/α-hetero) is 1. The van der Waals surface area contributed by atoms with Crippen LogP contribution in [0.1, 0.15) is 45.4 Å². The molecule has 2 aliphatic rings. The second-order valence-electron chi connectivity index (χ2n) is 4.94. The summed E-state index contributed by atoms with van der Waals surface area (Å²) in [6, 6.07) is 0. The van der Waals surface area contributed by atoms with Crippen molar-refractivity contribution in [3.05, 3.63) is 0 Å². The predicted molar refractivity (Wildman–Crippen MR) is 57.2 cm³/mol. The van der Waals surface area contributed by atoms with Crippen molar-refractivity contribution in [3.63, 3.8) is 0 Å². The van der Waals surface area contributed by atoms with E-state index in [0.29, 0.717) is 11.7 Å². The second-order valence-corrected chi connectivity index (χ2v) is 4.94. The van der Waals surface area contributed by atoms with Crippen LogP contribution in [0.5, 0.6) is 0 Å². The summed E-state index contributed by atoms with van der Waals surface area (Å²) in [7, 11) is 0. The van der Waals surface area contributed by atoms with Gasteiger partial charge in [-0.05, 0) is 51.6 Å². The molecule has 0 spiro atoms. The van der Waals surface area contributed by atoms with Crippen LogP contribution in [0.15, 0.2) is 0 Å². The molecule has 1 saturated heterocycles. The van der Waals surface area contributed by atoms with Crippen molar-refractivity contribution in [2.75, 3.05) is 13.1 Å². The Morgan fingerprint density at radius 3 is 2.29 bits per heavy atom. The average molecular weight is 195 g/mol. The van der Waals surface area contributed by atoms with Gasteiger partial charge in [0.25, 0.3) is 0 Å². The molecule has 1 aliphatic carbocycles. The Bertz CT molecular complexity index is 212. The number of nitrogens with one attached hydrogen (secondary N) is 1. The first-order valence-electron chi connectivity index (χ1n) is 5.97. The Morgan fingerprint density at radius 2 is 1.79 bits per heavy atom. The molecular weight excluding hydrogens is 174 g/mol. The summed E-state index contributed by atoms with van der Waals surface area (Å²) in [5.41, 5.74) is 0.0573. The van der Waals surface area contributed by atoms with Crippen molar-refractivity contribution in [1.29, 1.82) is 0 Å². The smallest absolute Gasteiger partial charge is 0.136 e. The van der Waals surface area contributed by atoms with E-state index >= 15 is 0 Å². The number of carbonyl (C=O) groups is 1.